The SMILES string of the molecule is O=CO[SiH](c1ccccc1)c1ccccc1. The second-order valence-corrected chi connectivity index (χ2v) is 5.80. The maximum Gasteiger partial charge on any atom is 0.302 e. The van der Waals surface area contributed by atoms with Crippen LogP contribution in [0.3, 0.4) is 0 Å². The molecule has 0 unspecified atom stereocenters. The van der Waals surface area contributed by atoms with Gasteiger partial charge in [-0.3, -0.25) is 4.79 Å². The number of hydrogen-bond acceptors (Lipinski definition) is 2. The average molecular weight is 228 g/mol. The molecule has 0 spiro atoms. The standard InChI is InChI=1S/C13H12O2Si/c14-11-15-16(12-7-3-1-4-8-12)13-9-5-2-6-10-13/h1-11,16H. The molecule has 0 aliphatic rings. The van der Waals surface area contributed by atoms with Crippen molar-refractivity contribution in [3.63, 3.8) is 0 Å². The van der Waals surface area contributed by atoms with Crippen molar-refractivity contribution in [1.29, 1.82) is 0 Å². The van der Waals surface area contributed by atoms with Gasteiger partial charge in [0, 0.05) is 0 Å². The van der Waals surface area contributed by atoms with Crippen molar-refractivity contribution in [1.82, 2.24) is 0 Å². The van der Waals surface area contributed by atoms with Crippen LogP contribution in [0.5, 0.6) is 0 Å². The zero-order valence-electron chi connectivity index (χ0n) is 8.74. The van der Waals surface area contributed by atoms with Gasteiger partial charge in [0.1, 0.15) is 0 Å². The molecule has 0 saturated heterocycles. The highest BCUT2D eigenvalue weighted by molar-refractivity contribution is 6.80. The lowest BCUT2D eigenvalue weighted by Crippen LogP contribution is -2.44. The van der Waals surface area contributed by atoms with Crippen LogP contribution in [0.1, 0.15) is 0 Å². The molecule has 3 heteroatoms. The van der Waals surface area contributed by atoms with Gasteiger partial charge in [0.05, 0.1) is 0 Å². The van der Waals surface area contributed by atoms with E-state index in [0.29, 0.717) is 6.47 Å². The Bertz CT molecular complexity index is 403. The van der Waals surface area contributed by atoms with Crippen molar-refractivity contribution < 1.29 is 9.22 Å². The van der Waals surface area contributed by atoms with E-state index in [2.05, 4.69) is 0 Å². The van der Waals surface area contributed by atoms with Crippen molar-refractivity contribution in [2.75, 3.05) is 0 Å². The molecule has 2 nitrogen and oxygen atoms in total. The van der Waals surface area contributed by atoms with Crippen molar-refractivity contribution in [2.45, 2.75) is 0 Å². The number of rotatable bonds is 4. The van der Waals surface area contributed by atoms with Gasteiger partial charge in [-0.05, 0) is 10.4 Å². The fourth-order valence-electron chi connectivity index (χ4n) is 1.66. The third-order valence-electron chi connectivity index (χ3n) is 2.40. The van der Waals surface area contributed by atoms with E-state index in [4.69, 9.17) is 4.43 Å². The Balaban J connectivity index is 2.35. The fraction of sp³-hybridized carbons (Fsp3) is 0. The van der Waals surface area contributed by atoms with Gasteiger partial charge < -0.3 is 4.43 Å². The van der Waals surface area contributed by atoms with Gasteiger partial charge in [-0.15, -0.1) is 0 Å². The van der Waals surface area contributed by atoms with Gasteiger partial charge in [-0.25, -0.2) is 0 Å². The van der Waals surface area contributed by atoms with Crippen molar-refractivity contribution >= 4 is 25.9 Å². The van der Waals surface area contributed by atoms with Crippen molar-refractivity contribution in [3.8, 4) is 0 Å². The summed E-state index contributed by atoms with van der Waals surface area (Å²) in [5.74, 6) is 0. The Morgan fingerprint density at radius 3 is 1.62 bits per heavy atom. The van der Waals surface area contributed by atoms with E-state index < -0.39 is 9.04 Å². The Kier molecular flexibility index (Phi) is 3.51. The molecule has 0 saturated carbocycles. The summed E-state index contributed by atoms with van der Waals surface area (Å²) in [4.78, 5) is 10.6. The molecule has 0 radical (unpaired) electrons. The third kappa shape index (κ3) is 2.38. The van der Waals surface area contributed by atoms with Gasteiger partial charge >= 0.3 is 9.04 Å². The average Bonchev–Trinajstić information content (AvgIpc) is 2.38. The largest absolute Gasteiger partial charge is 0.515 e. The van der Waals surface area contributed by atoms with Crippen LogP contribution < -0.4 is 10.4 Å². The quantitative estimate of drug-likeness (QED) is 0.569. The van der Waals surface area contributed by atoms with E-state index in [9.17, 15) is 4.79 Å². The predicted octanol–water partition coefficient (Wildman–Crippen LogP) is 0.698. The van der Waals surface area contributed by atoms with Gasteiger partial charge in [-0.2, -0.15) is 0 Å². The first-order chi connectivity index (χ1) is 7.92. The second-order valence-electron chi connectivity index (χ2n) is 3.43. The molecule has 0 amide bonds. The maximum absolute atomic E-state index is 10.6. The minimum Gasteiger partial charge on any atom is -0.515 e. The first-order valence-electron chi connectivity index (χ1n) is 5.11. The van der Waals surface area contributed by atoms with Gasteiger partial charge in [0.15, 0.2) is 0 Å². The molecule has 16 heavy (non-hydrogen) atoms. The highest BCUT2D eigenvalue weighted by Crippen LogP contribution is 1.93. The van der Waals surface area contributed by atoms with Crippen LogP contribution in [0.25, 0.3) is 0 Å². The monoisotopic (exact) mass is 228 g/mol. The molecular weight excluding hydrogens is 216 g/mol. The number of hydrogen-bond donors (Lipinski definition) is 0. The zero-order chi connectivity index (χ0) is 11.2. The summed E-state index contributed by atoms with van der Waals surface area (Å²) in [5, 5.41) is 2.22. The molecular formula is C13H12O2Si. The lowest BCUT2D eigenvalue weighted by molar-refractivity contribution is -0.120. The van der Waals surface area contributed by atoms with Gasteiger partial charge in [0.2, 0.25) is 0 Å². The molecule has 0 aliphatic carbocycles. The first-order valence-corrected chi connectivity index (χ1v) is 6.73. The summed E-state index contributed by atoms with van der Waals surface area (Å²) in [6, 6.07) is 19.8. The molecule has 0 aliphatic heterocycles. The van der Waals surface area contributed by atoms with Crippen LogP contribution in [0.4, 0.5) is 0 Å². The van der Waals surface area contributed by atoms with Crippen LogP contribution in [-0.4, -0.2) is 15.5 Å². The number of benzene rings is 2. The minimum absolute atomic E-state index is 0.552. The fourth-order valence-corrected chi connectivity index (χ4v) is 3.61. The molecule has 2 aromatic carbocycles. The van der Waals surface area contributed by atoms with Crippen molar-refractivity contribution in [3.05, 3.63) is 60.7 Å². The lowest BCUT2D eigenvalue weighted by atomic mass is 10.4. The minimum atomic E-state index is -1.82. The van der Waals surface area contributed by atoms with E-state index in [1.807, 2.05) is 60.7 Å². The zero-order valence-corrected chi connectivity index (χ0v) is 9.90. The molecule has 0 N–H and O–H groups in total. The summed E-state index contributed by atoms with van der Waals surface area (Å²) < 4.78 is 5.27. The van der Waals surface area contributed by atoms with Crippen LogP contribution in [0.2, 0.25) is 0 Å². The Labute approximate surface area is 96.2 Å². The Morgan fingerprint density at radius 1 is 0.812 bits per heavy atom. The third-order valence-corrected chi connectivity index (χ3v) is 4.76. The van der Waals surface area contributed by atoms with E-state index in [1.165, 1.54) is 0 Å². The highest BCUT2D eigenvalue weighted by atomic mass is 28.3. The summed E-state index contributed by atoms with van der Waals surface area (Å²) in [7, 11) is -1.82. The second kappa shape index (κ2) is 5.28. The molecule has 2 rings (SSSR count). The van der Waals surface area contributed by atoms with Crippen LogP contribution in [-0.2, 0) is 9.22 Å². The number of carbonyl (C=O) groups is 1. The van der Waals surface area contributed by atoms with Crippen LogP contribution in [0, 0.1) is 0 Å². The molecule has 80 valence electrons. The summed E-state index contributed by atoms with van der Waals surface area (Å²) in [5.41, 5.74) is 0. The normalized spacial score (nSPS) is 10.1. The maximum atomic E-state index is 10.6. The van der Waals surface area contributed by atoms with E-state index in [1.54, 1.807) is 0 Å². The molecule has 0 heterocycles. The predicted molar refractivity (Wildman–Crippen MR) is 66.5 cm³/mol. The molecule has 0 atom stereocenters. The van der Waals surface area contributed by atoms with Crippen LogP contribution >= 0.6 is 0 Å². The summed E-state index contributed by atoms with van der Waals surface area (Å²) >= 11 is 0. The first kappa shape index (κ1) is 10.6. The van der Waals surface area contributed by atoms with E-state index in [-0.39, 0.29) is 0 Å². The molecule has 0 bridgehead atoms. The number of carbonyl (C=O) groups excluding carboxylic acids is 1. The molecule has 0 fully saturated rings. The molecule has 0 aromatic heterocycles. The Hall–Kier alpha value is -1.87. The summed E-state index contributed by atoms with van der Waals surface area (Å²) in [6.45, 7) is 0.552. The van der Waals surface area contributed by atoms with E-state index >= 15 is 0 Å². The van der Waals surface area contributed by atoms with Gasteiger partial charge in [-0.1, -0.05) is 60.7 Å². The topological polar surface area (TPSA) is 26.3 Å². The summed E-state index contributed by atoms with van der Waals surface area (Å²) in [6.07, 6.45) is 0. The Morgan fingerprint density at radius 2 is 1.25 bits per heavy atom. The lowest BCUT2D eigenvalue weighted by Gasteiger charge is -2.13. The smallest absolute Gasteiger partial charge is 0.302 e. The van der Waals surface area contributed by atoms with Crippen LogP contribution in [0.15, 0.2) is 60.7 Å². The van der Waals surface area contributed by atoms with Gasteiger partial charge in [0.25, 0.3) is 6.47 Å². The van der Waals surface area contributed by atoms with Crippen molar-refractivity contribution in [2.24, 2.45) is 0 Å². The highest BCUT2D eigenvalue weighted by Gasteiger charge is 2.17. The van der Waals surface area contributed by atoms with E-state index in [0.717, 1.165) is 10.4 Å². The molecule has 2 aromatic rings.